The zero-order chi connectivity index (χ0) is 14.7. The fraction of sp³-hybridized carbons (Fsp3) is 0.0667. The Hall–Kier alpha value is -2.02. The van der Waals surface area contributed by atoms with E-state index in [1.807, 2.05) is 6.07 Å². The van der Waals surface area contributed by atoms with E-state index in [-0.39, 0.29) is 5.91 Å². The van der Waals surface area contributed by atoms with Crippen LogP contribution in [0.3, 0.4) is 0 Å². The third kappa shape index (κ3) is 3.11. The van der Waals surface area contributed by atoms with Crippen molar-refractivity contribution in [1.29, 1.82) is 5.26 Å². The maximum Gasteiger partial charge on any atom is 0.255 e. The molecule has 0 atom stereocenters. The molecule has 0 spiro atoms. The maximum atomic E-state index is 12.2. The molecular weight excluding hydrogens is 295 g/mol. The number of hydrogen-bond acceptors (Lipinski definition) is 2. The Balaban J connectivity index is 2.33. The number of hydrogen-bond donors (Lipinski definition) is 1. The lowest BCUT2D eigenvalue weighted by molar-refractivity contribution is 0.102. The van der Waals surface area contributed by atoms with Crippen molar-refractivity contribution in [2.45, 2.75) is 6.92 Å². The van der Waals surface area contributed by atoms with Crippen LogP contribution in [0.2, 0.25) is 10.0 Å². The Bertz CT molecular complexity index is 720. The molecule has 2 aromatic rings. The summed E-state index contributed by atoms with van der Waals surface area (Å²) in [5.41, 5.74) is 2.00. The van der Waals surface area contributed by atoms with E-state index in [4.69, 9.17) is 28.5 Å². The molecule has 0 unspecified atom stereocenters. The molecule has 0 saturated heterocycles. The van der Waals surface area contributed by atoms with Crippen LogP contribution in [0.25, 0.3) is 0 Å². The molecule has 1 N–H and O–H groups in total. The quantitative estimate of drug-likeness (QED) is 0.892. The average Bonchev–Trinajstić information content (AvgIpc) is 2.38. The highest BCUT2D eigenvalue weighted by Crippen LogP contribution is 2.22. The van der Waals surface area contributed by atoms with Crippen LogP contribution in [0.5, 0.6) is 0 Å². The van der Waals surface area contributed by atoms with Crippen molar-refractivity contribution in [2.24, 2.45) is 0 Å². The molecule has 1 amide bonds. The van der Waals surface area contributed by atoms with E-state index in [0.717, 1.165) is 5.56 Å². The number of rotatable bonds is 2. The topological polar surface area (TPSA) is 52.9 Å². The van der Waals surface area contributed by atoms with Gasteiger partial charge < -0.3 is 5.32 Å². The second-order valence-electron chi connectivity index (χ2n) is 4.22. The summed E-state index contributed by atoms with van der Waals surface area (Å²) in [5, 5.41) is 12.7. The van der Waals surface area contributed by atoms with Crippen molar-refractivity contribution in [3.63, 3.8) is 0 Å². The number of carbonyl (C=O) groups excluding carboxylic acids is 1. The predicted molar refractivity (Wildman–Crippen MR) is 80.3 cm³/mol. The van der Waals surface area contributed by atoms with Crippen LogP contribution < -0.4 is 5.32 Å². The summed E-state index contributed by atoms with van der Waals surface area (Å²) in [7, 11) is 0. The Morgan fingerprint density at radius 1 is 1.15 bits per heavy atom. The largest absolute Gasteiger partial charge is 0.321 e. The molecule has 3 nitrogen and oxygen atoms in total. The van der Waals surface area contributed by atoms with Crippen LogP contribution >= 0.6 is 23.2 Å². The predicted octanol–water partition coefficient (Wildman–Crippen LogP) is 4.43. The van der Waals surface area contributed by atoms with Gasteiger partial charge in [0.2, 0.25) is 0 Å². The number of nitrogens with zero attached hydrogens (tertiary/aromatic N) is 1. The minimum Gasteiger partial charge on any atom is -0.321 e. The maximum absolute atomic E-state index is 12.2. The fourth-order valence-corrected chi connectivity index (χ4v) is 2.19. The van der Waals surface area contributed by atoms with E-state index in [1.54, 1.807) is 43.3 Å². The summed E-state index contributed by atoms with van der Waals surface area (Å²) in [5.74, 6) is -0.307. The second-order valence-corrected chi connectivity index (χ2v) is 5.09. The van der Waals surface area contributed by atoms with Gasteiger partial charge in [-0.3, -0.25) is 4.79 Å². The Labute approximate surface area is 126 Å². The molecule has 0 aromatic heterocycles. The molecule has 0 heterocycles. The monoisotopic (exact) mass is 304 g/mol. The number of nitrogens with one attached hydrogen (secondary N) is 1. The zero-order valence-corrected chi connectivity index (χ0v) is 12.1. The normalized spacial score (nSPS) is 9.90. The first kappa shape index (κ1) is 14.4. The third-order valence-electron chi connectivity index (χ3n) is 2.78. The molecular formula is C15H10Cl2N2O. The van der Waals surface area contributed by atoms with Gasteiger partial charge in [-0.15, -0.1) is 0 Å². The number of nitriles is 1. The van der Waals surface area contributed by atoms with Gasteiger partial charge in [0, 0.05) is 15.6 Å². The summed E-state index contributed by atoms with van der Waals surface area (Å²) in [6.07, 6.45) is 0. The first-order valence-electron chi connectivity index (χ1n) is 5.78. The molecule has 0 bridgehead atoms. The number of halogens is 2. The highest BCUT2D eigenvalue weighted by Gasteiger charge is 2.12. The minimum atomic E-state index is -0.307. The molecule has 0 radical (unpaired) electrons. The number of carbonyl (C=O) groups is 1. The van der Waals surface area contributed by atoms with E-state index < -0.39 is 0 Å². The zero-order valence-electron chi connectivity index (χ0n) is 10.6. The molecule has 100 valence electrons. The van der Waals surface area contributed by atoms with Crippen molar-refractivity contribution in [1.82, 2.24) is 0 Å². The lowest BCUT2D eigenvalue weighted by atomic mass is 10.1. The van der Waals surface area contributed by atoms with Gasteiger partial charge in [0.25, 0.3) is 5.91 Å². The van der Waals surface area contributed by atoms with Crippen LogP contribution in [-0.4, -0.2) is 5.91 Å². The van der Waals surface area contributed by atoms with Crippen molar-refractivity contribution < 1.29 is 4.79 Å². The van der Waals surface area contributed by atoms with Crippen LogP contribution in [0.4, 0.5) is 5.69 Å². The van der Waals surface area contributed by atoms with Crippen molar-refractivity contribution in [3.8, 4) is 6.07 Å². The highest BCUT2D eigenvalue weighted by molar-refractivity contribution is 6.31. The van der Waals surface area contributed by atoms with Crippen LogP contribution in [-0.2, 0) is 0 Å². The molecule has 2 aromatic carbocycles. The summed E-state index contributed by atoms with van der Waals surface area (Å²) < 4.78 is 0. The molecule has 0 saturated carbocycles. The third-order valence-corrected chi connectivity index (χ3v) is 3.25. The second kappa shape index (κ2) is 5.96. The SMILES string of the molecule is Cc1cc(Cl)ccc1C(=O)Nc1cc(Cl)ccc1C#N. The molecule has 0 fully saturated rings. The van der Waals surface area contributed by atoms with Gasteiger partial charge >= 0.3 is 0 Å². The number of aryl methyl sites for hydroxylation is 1. The van der Waals surface area contributed by atoms with Gasteiger partial charge in [0.1, 0.15) is 6.07 Å². The fourth-order valence-electron chi connectivity index (χ4n) is 1.79. The summed E-state index contributed by atoms with van der Waals surface area (Å²) >= 11 is 11.7. The van der Waals surface area contributed by atoms with Crippen molar-refractivity contribution >= 4 is 34.8 Å². The van der Waals surface area contributed by atoms with Crippen LogP contribution in [0, 0.1) is 18.3 Å². The summed E-state index contributed by atoms with van der Waals surface area (Å²) in [4.78, 5) is 12.2. The van der Waals surface area contributed by atoms with Crippen LogP contribution in [0.1, 0.15) is 21.5 Å². The van der Waals surface area contributed by atoms with E-state index in [1.165, 1.54) is 0 Å². The van der Waals surface area contributed by atoms with E-state index >= 15 is 0 Å². The van der Waals surface area contributed by atoms with Crippen LogP contribution in [0.15, 0.2) is 36.4 Å². The average molecular weight is 305 g/mol. The van der Waals surface area contributed by atoms with Crippen molar-refractivity contribution in [3.05, 3.63) is 63.1 Å². The Morgan fingerprint density at radius 2 is 1.80 bits per heavy atom. The Morgan fingerprint density at radius 3 is 2.45 bits per heavy atom. The molecule has 0 aliphatic heterocycles. The summed E-state index contributed by atoms with van der Waals surface area (Å²) in [6.45, 7) is 1.80. The number of anilines is 1. The van der Waals surface area contributed by atoms with Crippen molar-refractivity contribution in [2.75, 3.05) is 5.32 Å². The first-order valence-corrected chi connectivity index (χ1v) is 6.54. The Kier molecular flexibility index (Phi) is 4.29. The standard InChI is InChI=1S/C15H10Cl2N2O/c1-9-6-11(16)4-5-13(9)15(20)19-14-7-12(17)3-2-10(14)8-18/h2-7H,1H3,(H,19,20). The molecule has 5 heteroatoms. The van der Waals surface area contributed by atoms with Gasteiger partial charge in [0.15, 0.2) is 0 Å². The molecule has 20 heavy (non-hydrogen) atoms. The van der Waals surface area contributed by atoms with E-state index in [0.29, 0.717) is 26.9 Å². The van der Waals surface area contributed by atoms with Gasteiger partial charge in [-0.25, -0.2) is 0 Å². The molecule has 2 rings (SSSR count). The molecule has 0 aliphatic carbocycles. The van der Waals surface area contributed by atoms with E-state index in [2.05, 4.69) is 5.32 Å². The minimum absolute atomic E-state index is 0.307. The van der Waals surface area contributed by atoms with Gasteiger partial charge in [-0.05, 0) is 48.9 Å². The first-order chi connectivity index (χ1) is 9.51. The smallest absolute Gasteiger partial charge is 0.255 e. The number of benzene rings is 2. The van der Waals surface area contributed by atoms with Gasteiger partial charge in [-0.1, -0.05) is 23.2 Å². The molecule has 0 aliphatic rings. The lowest BCUT2D eigenvalue weighted by Crippen LogP contribution is -2.14. The lowest BCUT2D eigenvalue weighted by Gasteiger charge is -2.09. The van der Waals surface area contributed by atoms with E-state index in [9.17, 15) is 4.79 Å². The van der Waals surface area contributed by atoms with Gasteiger partial charge in [0.05, 0.1) is 11.3 Å². The summed E-state index contributed by atoms with van der Waals surface area (Å²) in [6, 6.07) is 11.7. The number of amides is 1. The highest BCUT2D eigenvalue weighted by atomic mass is 35.5. The van der Waals surface area contributed by atoms with Gasteiger partial charge in [-0.2, -0.15) is 5.26 Å².